The molecule has 1 aromatic carbocycles. The van der Waals surface area contributed by atoms with Crippen molar-refractivity contribution in [3.05, 3.63) is 46.1 Å². The molecule has 0 bridgehead atoms. The van der Waals surface area contributed by atoms with Crippen LogP contribution in [0.15, 0.2) is 30.5 Å². The van der Waals surface area contributed by atoms with E-state index in [0.29, 0.717) is 5.75 Å². The summed E-state index contributed by atoms with van der Waals surface area (Å²) in [6, 6.07) is 5.89. The molecule has 8 heteroatoms. The summed E-state index contributed by atoms with van der Waals surface area (Å²) in [5.41, 5.74) is 2.99. The van der Waals surface area contributed by atoms with E-state index in [1.165, 1.54) is 24.4 Å². The van der Waals surface area contributed by atoms with Crippen LogP contribution in [0.5, 0.6) is 11.6 Å². The minimum atomic E-state index is -0.487. The number of nitrogen functional groups attached to an aromatic ring is 1. The maximum Gasteiger partial charge on any atom is 0.273 e. The number of hydrogen-bond donors (Lipinski definition) is 2. The Hall–Kier alpha value is -2.74. The first-order chi connectivity index (χ1) is 9.10. The van der Waals surface area contributed by atoms with Gasteiger partial charge in [-0.15, -0.1) is 0 Å². The molecule has 3 N–H and O–H groups in total. The first kappa shape index (κ1) is 12.7. The molecule has 1 heterocycles. The van der Waals surface area contributed by atoms with Gasteiger partial charge in [0, 0.05) is 18.3 Å². The van der Waals surface area contributed by atoms with Crippen molar-refractivity contribution in [3.8, 4) is 11.6 Å². The molecule has 0 aliphatic rings. The van der Waals surface area contributed by atoms with E-state index >= 15 is 0 Å². The van der Waals surface area contributed by atoms with E-state index in [-0.39, 0.29) is 17.5 Å². The van der Waals surface area contributed by atoms with E-state index < -0.39 is 4.92 Å². The number of nitro benzene ring substituents is 1. The average Bonchev–Trinajstić information content (AvgIpc) is 2.41. The second kappa shape index (κ2) is 5.27. The Kier molecular flexibility index (Phi) is 3.53. The Morgan fingerprint density at radius 1 is 1.42 bits per heavy atom. The zero-order chi connectivity index (χ0) is 13.8. The summed E-state index contributed by atoms with van der Waals surface area (Å²) in [6.07, 6.45) is 1.46. The monoisotopic (exact) mass is 261 g/mol. The highest BCUT2D eigenvalue weighted by Crippen LogP contribution is 2.27. The quantitative estimate of drug-likeness (QED) is 0.489. The maximum absolute atomic E-state index is 10.7. The van der Waals surface area contributed by atoms with Crippen LogP contribution in [0.1, 0.15) is 5.56 Å². The number of benzene rings is 1. The van der Waals surface area contributed by atoms with Gasteiger partial charge in [-0.05, 0) is 18.6 Å². The molecular weight excluding hydrogens is 250 g/mol. The summed E-state index contributed by atoms with van der Waals surface area (Å²) < 4.78 is 5.49. The van der Waals surface area contributed by atoms with Crippen molar-refractivity contribution >= 4 is 11.6 Å². The molecule has 2 aromatic rings. The fourth-order valence-corrected chi connectivity index (χ4v) is 1.39. The zero-order valence-electron chi connectivity index (χ0n) is 10.0. The lowest BCUT2D eigenvalue weighted by Crippen LogP contribution is -2.10. The van der Waals surface area contributed by atoms with Gasteiger partial charge in [-0.3, -0.25) is 15.5 Å². The van der Waals surface area contributed by atoms with Gasteiger partial charge in [0.2, 0.25) is 11.8 Å². The van der Waals surface area contributed by atoms with Crippen molar-refractivity contribution in [2.24, 2.45) is 5.84 Å². The Labute approximate surface area is 108 Å². The minimum absolute atomic E-state index is 0.0492. The number of aromatic nitrogens is 2. The van der Waals surface area contributed by atoms with Crippen LogP contribution < -0.4 is 16.0 Å². The SMILES string of the molecule is Cc1ccc([N+](=O)[O-])cc1Oc1ccnc(NN)n1. The molecule has 0 saturated carbocycles. The van der Waals surface area contributed by atoms with Crippen molar-refractivity contribution in [2.45, 2.75) is 6.92 Å². The van der Waals surface area contributed by atoms with E-state index in [0.717, 1.165) is 5.56 Å². The first-order valence-corrected chi connectivity index (χ1v) is 5.32. The van der Waals surface area contributed by atoms with Gasteiger partial charge in [-0.1, -0.05) is 0 Å². The maximum atomic E-state index is 10.7. The summed E-state index contributed by atoms with van der Waals surface area (Å²) in [5, 5.41) is 10.7. The number of aryl methyl sites for hydroxylation is 1. The predicted molar refractivity (Wildman–Crippen MR) is 67.7 cm³/mol. The van der Waals surface area contributed by atoms with Crippen molar-refractivity contribution in [1.82, 2.24) is 9.97 Å². The third-order valence-electron chi connectivity index (χ3n) is 2.36. The Balaban J connectivity index is 2.31. The lowest BCUT2D eigenvalue weighted by molar-refractivity contribution is -0.384. The number of non-ortho nitro benzene ring substituents is 1. The molecule has 0 aliphatic carbocycles. The van der Waals surface area contributed by atoms with Crippen LogP contribution in [0.3, 0.4) is 0 Å². The Morgan fingerprint density at radius 2 is 2.21 bits per heavy atom. The first-order valence-electron chi connectivity index (χ1n) is 5.32. The second-order valence-corrected chi connectivity index (χ2v) is 3.67. The lowest BCUT2D eigenvalue weighted by atomic mass is 10.2. The van der Waals surface area contributed by atoms with Crippen LogP contribution in [0.25, 0.3) is 0 Å². The normalized spacial score (nSPS) is 10.0. The number of hydrazine groups is 1. The van der Waals surface area contributed by atoms with Gasteiger partial charge in [0.1, 0.15) is 5.75 Å². The number of nitrogens with one attached hydrogen (secondary N) is 1. The van der Waals surface area contributed by atoms with Crippen molar-refractivity contribution in [2.75, 3.05) is 5.43 Å². The molecule has 0 saturated heterocycles. The Bertz CT molecular complexity index is 617. The second-order valence-electron chi connectivity index (χ2n) is 3.67. The molecule has 2 rings (SSSR count). The van der Waals surface area contributed by atoms with Crippen molar-refractivity contribution < 1.29 is 9.66 Å². The molecule has 8 nitrogen and oxygen atoms in total. The molecule has 98 valence electrons. The number of rotatable bonds is 4. The molecule has 1 aromatic heterocycles. The average molecular weight is 261 g/mol. The summed E-state index contributed by atoms with van der Waals surface area (Å²) >= 11 is 0. The van der Waals surface area contributed by atoms with Gasteiger partial charge in [0.05, 0.1) is 11.0 Å². The van der Waals surface area contributed by atoms with E-state index in [1.807, 2.05) is 0 Å². The molecular formula is C11H11N5O3. The molecule has 0 unspecified atom stereocenters. The van der Waals surface area contributed by atoms with Crippen LogP contribution in [0, 0.1) is 17.0 Å². The molecule has 0 aliphatic heterocycles. The smallest absolute Gasteiger partial charge is 0.273 e. The molecule has 0 atom stereocenters. The highest BCUT2D eigenvalue weighted by molar-refractivity contribution is 5.45. The number of nitro groups is 1. The Morgan fingerprint density at radius 3 is 2.89 bits per heavy atom. The van der Waals surface area contributed by atoms with E-state index in [9.17, 15) is 10.1 Å². The minimum Gasteiger partial charge on any atom is -0.438 e. The van der Waals surface area contributed by atoms with E-state index in [2.05, 4.69) is 15.4 Å². The molecule has 19 heavy (non-hydrogen) atoms. The standard InChI is InChI=1S/C11H11N5O3/c1-7-2-3-8(16(17)18)6-9(7)19-10-4-5-13-11(14-10)15-12/h2-6H,12H2,1H3,(H,13,14,15). The van der Waals surface area contributed by atoms with Crippen LogP contribution in [0.4, 0.5) is 11.6 Å². The number of ether oxygens (including phenoxy) is 1. The number of nitrogens with zero attached hydrogens (tertiary/aromatic N) is 3. The third kappa shape index (κ3) is 2.93. The van der Waals surface area contributed by atoms with E-state index in [4.69, 9.17) is 10.6 Å². The van der Waals surface area contributed by atoms with Crippen molar-refractivity contribution in [1.29, 1.82) is 0 Å². The molecule has 0 fully saturated rings. The zero-order valence-corrected chi connectivity index (χ0v) is 10.0. The summed E-state index contributed by atoms with van der Waals surface area (Å²) in [5.74, 6) is 5.98. The van der Waals surface area contributed by atoms with Crippen LogP contribution in [-0.4, -0.2) is 14.9 Å². The van der Waals surface area contributed by atoms with Crippen molar-refractivity contribution in [3.63, 3.8) is 0 Å². The molecule has 0 spiro atoms. The highest BCUT2D eigenvalue weighted by Gasteiger charge is 2.11. The van der Waals surface area contributed by atoms with Gasteiger partial charge >= 0.3 is 0 Å². The predicted octanol–water partition coefficient (Wildman–Crippen LogP) is 1.77. The van der Waals surface area contributed by atoms with Gasteiger partial charge in [0.15, 0.2) is 0 Å². The molecule has 0 amide bonds. The van der Waals surface area contributed by atoms with Crippen LogP contribution in [0.2, 0.25) is 0 Å². The summed E-state index contributed by atoms with van der Waals surface area (Å²) in [6.45, 7) is 1.78. The fourth-order valence-electron chi connectivity index (χ4n) is 1.39. The largest absolute Gasteiger partial charge is 0.438 e. The topological polar surface area (TPSA) is 116 Å². The highest BCUT2D eigenvalue weighted by atomic mass is 16.6. The number of anilines is 1. The van der Waals surface area contributed by atoms with Gasteiger partial charge in [-0.2, -0.15) is 4.98 Å². The van der Waals surface area contributed by atoms with E-state index in [1.54, 1.807) is 13.0 Å². The lowest BCUT2D eigenvalue weighted by Gasteiger charge is -2.08. The van der Waals surface area contributed by atoms with Crippen LogP contribution in [-0.2, 0) is 0 Å². The number of nitrogens with two attached hydrogens (primary N) is 1. The van der Waals surface area contributed by atoms with Crippen LogP contribution >= 0.6 is 0 Å². The summed E-state index contributed by atoms with van der Waals surface area (Å²) in [7, 11) is 0. The third-order valence-corrected chi connectivity index (χ3v) is 2.36. The van der Waals surface area contributed by atoms with Gasteiger partial charge in [-0.25, -0.2) is 10.8 Å². The van der Waals surface area contributed by atoms with Gasteiger partial charge < -0.3 is 4.74 Å². The molecule has 0 radical (unpaired) electrons. The summed E-state index contributed by atoms with van der Waals surface area (Å²) in [4.78, 5) is 18.0. The number of hydrogen-bond acceptors (Lipinski definition) is 7. The fraction of sp³-hybridized carbons (Fsp3) is 0.0909. The van der Waals surface area contributed by atoms with Gasteiger partial charge in [0.25, 0.3) is 5.69 Å².